The fraction of sp³-hybridized carbons (Fsp3) is 0.643. The lowest BCUT2D eigenvalue weighted by Crippen LogP contribution is -2.45. The second kappa shape index (κ2) is 5.04. The van der Waals surface area contributed by atoms with Crippen LogP contribution >= 0.6 is 0 Å². The predicted octanol–water partition coefficient (Wildman–Crippen LogP) is 2.35. The van der Waals surface area contributed by atoms with Crippen LogP contribution in [0.3, 0.4) is 0 Å². The maximum absolute atomic E-state index is 12.6. The molecule has 2 atom stereocenters. The quantitative estimate of drug-likeness (QED) is 0.874. The lowest BCUT2D eigenvalue weighted by atomic mass is 9.95. The number of carbonyl (C=O) groups excluding carboxylic acids is 1. The number of amides is 1. The second-order valence-electron chi connectivity index (χ2n) is 5.43. The molecular weight excluding hydrogens is 226 g/mol. The Morgan fingerprint density at radius 2 is 2.17 bits per heavy atom. The summed E-state index contributed by atoms with van der Waals surface area (Å²) in [7, 11) is 0. The second-order valence-corrected chi connectivity index (χ2v) is 5.43. The van der Waals surface area contributed by atoms with E-state index in [-0.39, 0.29) is 5.91 Å². The van der Waals surface area contributed by atoms with Gasteiger partial charge in [0, 0.05) is 25.3 Å². The fourth-order valence-electron chi connectivity index (χ4n) is 2.69. The molecule has 4 nitrogen and oxygen atoms in total. The summed E-state index contributed by atoms with van der Waals surface area (Å²) in [6.07, 6.45) is 4.14. The van der Waals surface area contributed by atoms with E-state index >= 15 is 0 Å². The molecule has 0 saturated carbocycles. The van der Waals surface area contributed by atoms with Crippen molar-refractivity contribution in [1.29, 1.82) is 0 Å². The minimum absolute atomic E-state index is 0.118. The average Bonchev–Trinajstić information content (AvgIpc) is 2.72. The molecule has 2 rings (SSSR count). The molecule has 1 saturated heterocycles. The molecular formula is C14H23N3O. The van der Waals surface area contributed by atoms with Crippen molar-refractivity contribution in [1.82, 2.24) is 9.47 Å². The van der Waals surface area contributed by atoms with Gasteiger partial charge in [-0.2, -0.15) is 0 Å². The Kier molecular flexibility index (Phi) is 3.64. The smallest absolute Gasteiger partial charge is 0.270 e. The molecule has 0 spiro atoms. The Balaban J connectivity index is 2.24. The summed E-state index contributed by atoms with van der Waals surface area (Å²) in [5, 5.41) is 0. The van der Waals surface area contributed by atoms with Crippen LogP contribution in [0.25, 0.3) is 0 Å². The van der Waals surface area contributed by atoms with E-state index < -0.39 is 0 Å². The molecule has 0 aromatic carbocycles. The number of likely N-dealkylation sites (tertiary alicyclic amines) is 1. The van der Waals surface area contributed by atoms with Crippen LogP contribution in [0, 0.1) is 5.92 Å². The molecule has 1 amide bonds. The molecule has 0 radical (unpaired) electrons. The molecule has 2 unspecified atom stereocenters. The molecule has 2 heterocycles. The van der Waals surface area contributed by atoms with Gasteiger partial charge in [0.1, 0.15) is 5.69 Å². The fourth-order valence-corrected chi connectivity index (χ4v) is 2.69. The Labute approximate surface area is 109 Å². The average molecular weight is 249 g/mol. The molecule has 1 aromatic heterocycles. The van der Waals surface area contributed by atoms with E-state index in [1.54, 1.807) is 6.07 Å². The number of nitrogen functional groups attached to an aromatic ring is 1. The first-order chi connectivity index (χ1) is 8.52. The van der Waals surface area contributed by atoms with E-state index in [1.807, 2.05) is 22.6 Å². The van der Waals surface area contributed by atoms with Crippen LogP contribution in [0.5, 0.6) is 0 Å². The van der Waals surface area contributed by atoms with Crippen LogP contribution < -0.4 is 5.73 Å². The highest BCUT2D eigenvalue weighted by molar-refractivity contribution is 5.94. The number of rotatable bonds is 2. The number of aryl methyl sites for hydroxylation is 1. The van der Waals surface area contributed by atoms with Crippen LogP contribution in [-0.2, 0) is 6.54 Å². The van der Waals surface area contributed by atoms with Crippen LogP contribution in [0.15, 0.2) is 12.3 Å². The summed E-state index contributed by atoms with van der Waals surface area (Å²) >= 11 is 0. The number of aromatic nitrogens is 1. The van der Waals surface area contributed by atoms with Gasteiger partial charge in [-0.25, -0.2) is 0 Å². The minimum atomic E-state index is 0.118. The van der Waals surface area contributed by atoms with Crippen LogP contribution in [0.1, 0.15) is 44.1 Å². The molecule has 0 bridgehead atoms. The van der Waals surface area contributed by atoms with Gasteiger partial charge in [-0.05, 0) is 38.7 Å². The number of hydrogen-bond donors (Lipinski definition) is 1. The number of anilines is 1. The van der Waals surface area contributed by atoms with Gasteiger partial charge in [-0.3, -0.25) is 4.79 Å². The standard InChI is InChI=1S/C14H23N3O/c1-4-16-9-12(15)7-13(16)14(18)17-8-10(2)5-6-11(17)3/h7,9-11H,4-6,8,15H2,1-3H3. The molecule has 1 aromatic rings. The predicted molar refractivity (Wildman–Crippen MR) is 73.4 cm³/mol. The zero-order valence-corrected chi connectivity index (χ0v) is 11.5. The van der Waals surface area contributed by atoms with Crippen molar-refractivity contribution in [2.75, 3.05) is 12.3 Å². The monoisotopic (exact) mass is 249 g/mol. The topological polar surface area (TPSA) is 51.3 Å². The van der Waals surface area contributed by atoms with Gasteiger partial charge in [-0.1, -0.05) is 6.92 Å². The third kappa shape index (κ3) is 2.37. The van der Waals surface area contributed by atoms with Gasteiger partial charge >= 0.3 is 0 Å². The molecule has 1 aliphatic heterocycles. The molecule has 1 aliphatic rings. The van der Waals surface area contributed by atoms with Gasteiger partial charge in [-0.15, -0.1) is 0 Å². The van der Waals surface area contributed by atoms with Crippen molar-refractivity contribution in [3.63, 3.8) is 0 Å². The zero-order valence-electron chi connectivity index (χ0n) is 11.5. The summed E-state index contributed by atoms with van der Waals surface area (Å²) in [6.45, 7) is 8.00. The minimum Gasteiger partial charge on any atom is -0.397 e. The highest BCUT2D eigenvalue weighted by Gasteiger charge is 2.29. The van der Waals surface area contributed by atoms with Crippen LogP contribution in [-0.4, -0.2) is 28.0 Å². The molecule has 0 aliphatic carbocycles. The Morgan fingerprint density at radius 3 is 2.83 bits per heavy atom. The number of hydrogen-bond acceptors (Lipinski definition) is 2. The summed E-state index contributed by atoms with van der Waals surface area (Å²) < 4.78 is 1.93. The van der Waals surface area contributed by atoms with E-state index in [1.165, 1.54) is 6.42 Å². The van der Waals surface area contributed by atoms with E-state index in [0.717, 1.165) is 25.2 Å². The highest BCUT2D eigenvalue weighted by Crippen LogP contribution is 2.24. The largest absolute Gasteiger partial charge is 0.397 e. The molecule has 100 valence electrons. The van der Waals surface area contributed by atoms with E-state index in [2.05, 4.69) is 13.8 Å². The molecule has 4 heteroatoms. The Morgan fingerprint density at radius 1 is 1.44 bits per heavy atom. The normalized spacial score (nSPS) is 24.3. The number of piperidine rings is 1. The first kappa shape index (κ1) is 13.0. The van der Waals surface area contributed by atoms with Gasteiger partial charge in [0.05, 0.1) is 5.69 Å². The maximum Gasteiger partial charge on any atom is 0.270 e. The Bertz CT molecular complexity index is 438. The maximum atomic E-state index is 12.6. The van der Waals surface area contributed by atoms with Gasteiger partial charge in [0.25, 0.3) is 5.91 Å². The molecule has 18 heavy (non-hydrogen) atoms. The zero-order chi connectivity index (χ0) is 13.3. The van der Waals surface area contributed by atoms with Crippen molar-refractivity contribution >= 4 is 11.6 Å². The summed E-state index contributed by atoms with van der Waals surface area (Å²) in [5.41, 5.74) is 7.18. The number of nitrogens with two attached hydrogens (primary N) is 1. The van der Waals surface area contributed by atoms with Crippen LogP contribution in [0.2, 0.25) is 0 Å². The van der Waals surface area contributed by atoms with E-state index in [4.69, 9.17) is 5.73 Å². The molecule has 1 fully saturated rings. The Hall–Kier alpha value is -1.45. The van der Waals surface area contributed by atoms with Crippen LogP contribution in [0.4, 0.5) is 5.69 Å². The third-order valence-electron chi connectivity index (χ3n) is 3.86. The summed E-state index contributed by atoms with van der Waals surface area (Å²) in [5.74, 6) is 0.708. The SMILES string of the molecule is CCn1cc(N)cc1C(=O)N1CC(C)CCC1C. The molecule has 2 N–H and O–H groups in total. The number of carbonyl (C=O) groups is 1. The lowest BCUT2D eigenvalue weighted by molar-refractivity contribution is 0.0563. The van der Waals surface area contributed by atoms with Gasteiger partial charge in [0.15, 0.2) is 0 Å². The van der Waals surface area contributed by atoms with Gasteiger partial charge < -0.3 is 15.2 Å². The van der Waals surface area contributed by atoms with E-state index in [9.17, 15) is 4.79 Å². The van der Waals surface area contributed by atoms with E-state index in [0.29, 0.717) is 17.6 Å². The number of nitrogens with zero attached hydrogens (tertiary/aromatic N) is 2. The van der Waals surface area contributed by atoms with Crippen molar-refractivity contribution in [3.05, 3.63) is 18.0 Å². The third-order valence-corrected chi connectivity index (χ3v) is 3.86. The summed E-state index contributed by atoms with van der Waals surface area (Å²) in [4.78, 5) is 14.6. The summed E-state index contributed by atoms with van der Waals surface area (Å²) in [6, 6.07) is 2.12. The highest BCUT2D eigenvalue weighted by atomic mass is 16.2. The first-order valence-electron chi connectivity index (χ1n) is 6.79. The van der Waals surface area contributed by atoms with Crippen molar-refractivity contribution in [2.45, 2.75) is 46.2 Å². The van der Waals surface area contributed by atoms with Crippen molar-refractivity contribution < 1.29 is 4.79 Å². The van der Waals surface area contributed by atoms with Crippen molar-refractivity contribution in [3.8, 4) is 0 Å². The van der Waals surface area contributed by atoms with Gasteiger partial charge in [0.2, 0.25) is 0 Å². The van der Waals surface area contributed by atoms with Crippen molar-refractivity contribution in [2.24, 2.45) is 5.92 Å². The lowest BCUT2D eigenvalue weighted by Gasteiger charge is -2.36. The first-order valence-corrected chi connectivity index (χ1v) is 6.79.